The summed E-state index contributed by atoms with van der Waals surface area (Å²) in [5.41, 5.74) is 0. The lowest BCUT2D eigenvalue weighted by molar-refractivity contribution is 0.152. The topological polar surface area (TPSA) is 9.23 Å². The van der Waals surface area contributed by atoms with Crippen LogP contribution < -0.4 is 0 Å². The second-order valence-electron chi connectivity index (χ2n) is 4.60. The molecule has 0 amide bonds. The highest BCUT2D eigenvalue weighted by Crippen LogP contribution is 2.44. The first-order chi connectivity index (χ1) is 5.90. The Hall–Kier alpha value is -0.0400. The fourth-order valence-electron chi connectivity index (χ4n) is 3.23. The molecule has 1 unspecified atom stereocenters. The van der Waals surface area contributed by atoms with Gasteiger partial charge in [-0.15, -0.1) is 0 Å². The molecule has 0 radical (unpaired) electrons. The molecule has 2 aliphatic carbocycles. The molecule has 0 aromatic carbocycles. The maximum atomic E-state index is 5.23. The van der Waals surface area contributed by atoms with Gasteiger partial charge in [-0.1, -0.05) is 25.7 Å². The van der Waals surface area contributed by atoms with Crippen molar-refractivity contribution in [2.24, 2.45) is 17.8 Å². The summed E-state index contributed by atoms with van der Waals surface area (Å²) in [6, 6.07) is 0. The van der Waals surface area contributed by atoms with Crippen molar-refractivity contribution in [3.8, 4) is 0 Å². The Bertz CT molecular complexity index is 130. The molecule has 1 nitrogen and oxygen atoms in total. The Balaban J connectivity index is 1.85. The van der Waals surface area contributed by atoms with Crippen molar-refractivity contribution in [2.75, 3.05) is 13.7 Å². The van der Waals surface area contributed by atoms with Crippen LogP contribution in [0, 0.1) is 17.8 Å². The van der Waals surface area contributed by atoms with Gasteiger partial charge in [-0.2, -0.15) is 0 Å². The molecule has 0 saturated heterocycles. The van der Waals surface area contributed by atoms with E-state index in [9.17, 15) is 0 Å². The molecule has 2 aliphatic rings. The van der Waals surface area contributed by atoms with Crippen molar-refractivity contribution >= 4 is 0 Å². The van der Waals surface area contributed by atoms with E-state index in [4.69, 9.17) is 4.74 Å². The van der Waals surface area contributed by atoms with Gasteiger partial charge in [0, 0.05) is 13.7 Å². The summed E-state index contributed by atoms with van der Waals surface area (Å²) in [5.74, 6) is 3.03. The zero-order chi connectivity index (χ0) is 8.39. The van der Waals surface area contributed by atoms with Gasteiger partial charge in [-0.25, -0.2) is 0 Å². The van der Waals surface area contributed by atoms with Gasteiger partial charge in [0.05, 0.1) is 0 Å². The molecule has 0 aromatic rings. The second kappa shape index (κ2) is 3.78. The second-order valence-corrected chi connectivity index (χ2v) is 4.60. The predicted octanol–water partition coefficient (Wildman–Crippen LogP) is 2.85. The molecule has 3 atom stereocenters. The summed E-state index contributed by atoms with van der Waals surface area (Å²) in [7, 11) is 1.84. The zero-order valence-electron chi connectivity index (χ0n) is 8.09. The first-order valence-corrected chi connectivity index (χ1v) is 5.39. The van der Waals surface area contributed by atoms with E-state index in [0.717, 1.165) is 24.4 Å². The molecular formula is C11H20O. The van der Waals surface area contributed by atoms with E-state index in [-0.39, 0.29) is 0 Å². The van der Waals surface area contributed by atoms with Gasteiger partial charge in [0.1, 0.15) is 0 Å². The van der Waals surface area contributed by atoms with Gasteiger partial charge in [0.25, 0.3) is 0 Å². The smallest absolute Gasteiger partial charge is 0.0490 e. The molecule has 0 bridgehead atoms. The molecular weight excluding hydrogens is 148 g/mol. The lowest BCUT2D eigenvalue weighted by Gasteiger charge is -2.24. The summed E-state index contributed by atoms with van der Waals surface area (Å²) < 4.78 is 5.23. The third-order valence-electron chi connectivity index (χ3n) is 3.74. The van der Waals surface area contributed by atoms with Gasteiger partial charge in [0.15, 0.2) is 0 Å². The Morgan fingerprint density at radius 1 is 1.08 bits per heavy atom. The highest BCUT2D eigenvalue weighted by atomic mass is 16.5. The van der Waals surface area contributed by atoms with Crippen LogP contribution >= 0.6 is 0 Å². The van der Waals surface area contributed by atoms with Crippen LogP contribution in [0.25, 0.3) is 0 Å². The van der Waals surface area contributed by atoms with Crippen LogP contribution in [0.1, 0.15) is 38.5 Å². The van der Waals surface area contributed by atoms with Crippen molar-refractivity contribution in [3.05, 3.63) is 0 Å². The molecule has 0 spiro atoms. The van der Waals surface area contributed by atoms with Gasteiger partial charge < -0.3 is 4.74 Å². The van der Waals surface area contributed by atoms with E-state index in [1.54, 1.807) is 0 Å². The SMILES string of the molecule is COCC1C[C@H]2CCCC[C@H]2C1. The van der Waals surface area contributed by atoms with Crippen LogP contribution in [0.4, 0.5) is 0 Å². The average Bonchev–Trinajstić information content (AvgIpc) is 2.47. The van der Waals surface area contributed by atoms with Gasteiger partial charge in [-0.3, -0.25) is 0 Å². The monoisotopic (exact) mass is 168 g/mol. The third kappa shape index (κ3) is 1.66. The lowest BCUT2D eigenvalue weighted by atomic mass is 9.82. The number of rotatable bonds is 2. The molecule has 2 fully saturated rings. The maximum Gasteiger partial charge on any atom is 0.0490 e. The van der Waals surface area contributed by atoms with Crippen molar-refractivity contribution in [3.63, 3.8) is 0 Å². The Morgan fingerprint density at radius 3 is 2.17 bits per heavy atom. The normalized spacial score (nSPS) is 41.2. The quantitative estimate of drug-likeness (QED) is 0.616. The molecule has 1 heteroatoms. The van der Waals surface area contributed by atoms with E-state index in [2.05, 4.69) is 0 Å². The van der Waals surface area contributed by atoms with Crippen LogP contribution in [0.5, 0.6) is 0 Å². The van der Waals surface area contributed by atoms with E-state index in [1.807, 2.05) is 7.11 Å². The van der Waals surface area contributed by atoms with Crippen LogP contribution in [-0.4, -0.2) is 13.7 Å². The molecule has 0 heterocycles. The number of fused-ring (bicyclic) bond motifs is 1. The predicted molar refractivity (Wildman–Crippen MR) is 50.0 cm³/mol. The Kier molecular flexibility index (Phi) is 2.69. The molecule has 0 N–H and O–H groups in total. The zero-order valence-corrected chi connectivity index (χ0v) is 8.09. The molecule has 2 saturated carbocycles. The number of hydrogen-bond acceptors (Lipinski definition) is 1. The van der Waals surface area contributed by atoms with Crippen LogP contribution in [0.2, 0.25) is 0 Å². The fourth-order valence-corrected chi connectivity index (χ4v) is 3.23. The molecule has 0 aromatic heterocycles. The van der Waals surface area contributed by atoms with E-state index in [1.165, 1.54) is 38.5 Å². The average molecular weight is 168 g/mol. The van der Waals surface area contributed by atoms with E-state index >= 15 is 0 Å². The van der Waals surface area contributed by atoms with Gasteiger partial charge in [0.2, 0.25) is 0 Å². The molecule has 2 rings (SSSR count). The maximum absolute atomic E-state index is 5.23. The number of ether oxygens (including phenoxy) is 1. The number of hydrogen-bond donors (Lipinski definition) is 0. The minimum absolute atomic E-state index is 0.892. The molecule has 12 heavy (non-hydrogen) atoms. The van der Waals surface area contributed by atoms with Gasteiger partial charge in [-0.05, 0) is 30.6 Å². The largest absolute Gasteiger partial charge is 0.384 e. The fraction of sp³-hybridized carbons (Fsp3) is 1.00. The molecule has 0 aliphatic heterocycles. The van der Waals surface area contributed by atoms with Crippen molar-refractivity contribution < 1.29 is 4.74 Å². The third-order valence-corrected chi connectivity index (χ3v) is 3.74. The van der Waals surface area contributed by atoms with E-state index in [0.29, 0.717) is 0 Å². The van der Waals surface area contributed by atoms with Gasteiger partial charge >= 0.3 is 0 Å². The first-order valence-electron chi connectivity index (χ1n) is 5.39. The summed E-state index contributed by atoms with van der Waals surface area (Å²) in [6.07, 6.45) is 8.90. The lowest BCUT2D eigenvalue weighted by Crippen LogP contribution is -2.12. The number of methoxy groups -OCH3 is 1. The highest BCUT2D eigenvalue weighted by Gasteiger charge is 2.35. The summed E-state index contributed by atoms with van der Waals surface area (Å²) in [6.45, 7) is 1.01. The summed E-state index contributed by atoms with van der Waals surface area (Å²) >= 11 is 0. The van der Waals surface area contributed by atoms with E-state index < -0.39 is 0 Å². The van der Waals surface area contributed by atoms with Crippen molar-refractivity contribution in [2.45, 2.75) is 38.5 Å². The molecule has 70 valence electrons. The van der Waals surface area contributed by atoms with Crippen LogP contribution in [0.15, 0.2) is 0 Å². The first kappa shape index (κ1) is 8.55. The summed E-state index contributed by atoms with van der Waals surface area (Å²) in [5, 5.41) is 0. The van der Waals surface area contributed by atoms with Crippen LogP contribution in [-0.2, 0) is 4.74 Å². The Labute approximate surface area is 75.5 Å². The van der Waals surface area contributed by atoms with Crippen molar-refractivity contribution in [1.82, 2.24) is 0 Å². The minimum atomic E-state index is 0.892. The van der Waals surface area contributed by atoms with Crippen LogP contribution in [0.3, 0.4) is 0 Å². The summed E-state index contributed by atoms with van der Waals surface area (Å²) in [4.78, 5) is 0. The van der Waals surface area contributed by atoms with Crippen molar-refractivity contribution in [1.29, 1.82) is 0 Å². The standard InChI is InChI=1S/C11H20O/c1-12-8-9-6-10-4-2-3-5-11(10)7-9/h9-11H,2-8H2,1H3/t9?,10-,11+. The highest BCUT2D eigenvalue weighted by molar-refractivity contribution is 4.85. The minimum Gasteiger partial charge on any atom is -0.384 e. The Morgan fingerprint density at radius 2 is 1.67 bits per heavy atom.